The zero-order valence-corrected chi connectivity index (χ0v) is 8.87. The number of nitrogen functional groups attached to an aromatic ring is 1. The lowest BCUT2D eigenvalue weighted by atomic mass is 10.3. The summed E-state index contributed by atoms with van der Waals surface area (Å²) in [5.74, 6) is -0.405. The van der Waals surface area contributed by atoms with Crippen molar-refractivity contribution in [2.75, 3.05) is 12.3 Å². The van der Waals surface area contributed by atoms with E-state index in [1.807, 2.05) is 0 Å². The number of hydrogen-bond acceptors (Lipinski definition) is 6. The first-order chi connectivity index (χ1) is 7.24. The SMILES string of the molecule is CCOC(=O)c1sc2nnccc2c1N. The molecule has 2 rings (SSSR count). The van der Waals surface area contributed by atoms with Crippen LogP contribution in [0.15, 0.2) is 12.3 Å². The van der Waals surface area contributed by atoms with Crippen molar-refractivity contribution >= 4 is 33.2 Å². The number of esters is 1. The van der Waals surface area contributed by atoms with E-state index in [2.05, 4.69) is 10.2 Å². The topological polar surface area (TPSA) is 78.1 Å². The number of fused-ring (bicyclic) bond motifs is 1. The van der Waals surface area contributed by atoms with Gasteiger partial charge in [-0.25, -0.2) is 4.79 Å². The summed E-state index contributed by atoms with van der Waals surface area (Å²) in [4.78, 5) is 12.5. The molecule has 5 nitrogen and oxygen atoms in total. The Morgan fingerprint density at radius 2 is 2.47 bits per heavy atom. The third-order valence-corrected chi connectivity index (χ3v) is 2.97. The summed E-state index contributed by atoms with van der Waals surface area (Å²) in [6.45, 7) is 2.08. The third-order valence-electron chi connectivity index (χ3n) is 1.88. The number of carbonyl (C=O) groups is 1. The molecule has 0 aliphatic rings. The molecule has 15 heavy (non-hydrogen) atoms. The average molecular weight is 223 g/mol. The summed E-state index contributed by atoms with van der Waals surface area (Å²) in [6, 6.07) is 1.73. The van der Waals surface area contributed by atoms with Crippen molar-refractivity contribution < 1.29 is 9.53 Å². The van der Waals surface area contributed by atoms with Gasteiger partial charge >= 0.3 is 5.97 Å². The lowest BCUT2D eigenvalue weighted by molar-refractivity contribution is 0.0533. The molecule has 0 aliphatic heterocycles. The Balaban J connectivity index is 2.53. The van der Waals surface area contributed by atoms with Gasteiger partial charge in [0.15, 0.2) is 0 Å². The van der Waals surface area contributed by atoms with Crippen molar-refractivity contribution in [2.24, 2.45) is 0 Å². The number of nitrogens with two attached hydrogens (primary N) is 1. The Hall–Kier alpha value is -1.69. The van der Waals surface area contributed by atoms with E-state index in [0.29, 0.717) is 22.0 Å². The summed E-state index contributed by atoms with van der Waals surface area (Å²) in [5, 5.41) is 8.36. The second-order valence-electron chi connectivity index (χ2n) is 2.82. The predicted octanol–water partition coefficient (Wildman–Crippen LogP) is 1.45. The maximum atomic E-state index is 11.5. The van der Waals surface area contributed by atoms with Gasteiger partial charge in [-0.3, -0.25) is 0 Å². The minimum Gasteiger partial charge on any atom is -0.462 e. The van der Waals surface area contributed by atoms with Crippen molar-refractivity contribution in [3.8, 4) is 0 Å². The Morgan fingerprint density at radius 3 is 3.13 bits per heavy atom. The number of hydrogen-bond donors (Lipinski definition) is 1. The van der Waals surface area contributed by atoms with E-state index in [-0.39, 0.29) is 0 Å². The van der Waals surface area contributed by atoms with Crippen molar-refractivity contribution in [3.05, 3.63) is 17.1 Å². The van der Waals surface area contributed by atoms with E-state index in [4.69, 9.17) is 10.5 Å². The number of thiophene rings is 1. The van der Waals surface area contributed by atoms with Crippen LogP contribution in [-0.2, 0) is 4.74 Å². The van der Waals surface area contributed by atoms with Gasteiger partial charge in [-0.1, -0.05) is 0 Å². The van der Waals surface area contributed by atoms with Crippen molar-refractivity contribution in [3.63, 3.8) is 0 Å². The molecule has 2 N–H and O–H groups in total. The van der Waals surface area contributed by atoms with Crippen LogP contribution in [0.25, 0.3) is 10.2 Å². The number of nitrogens with zero attached hydrogens (tertiary/aromatic N) is 2. The Bertz CT molecular complexity index is 509. The minimum atomic E-state index is -0.405. The van der Waals surface area contributed by atoms with Crippen LogP contribution >= 0.6 is 11.3 Å². The first-order valence-corrected chi connectivity index (χ1v) is 5.22. The highest BCUT2D eigenvalue weighted by Gasteiger charge is 2.17. The van der Waals surface area contributed by atoms with Crippen LogP contribution in [0, 0.1) is 0 Å². The predicted molar refractivity (Wildman–Crippen MR) is 57.8 cm³/mol. The van der Waals surface area contributed by atoms with E-state index >= 15 is 0 Å². The average Bonchev–Trinajstić information content (AvgIpc) is 2.57. The van der Waals surface area contributed by atoms with Crippen LogP contribution in [-0.4, -0.2) is 22.8 Å². The molecule has 0 fully saturated rings. The lowest BCUT2D eigenvalue weighted by Gasteiger charge is -1.98. The van der Waals surface area contributed by atoms with Crippen molar-refractivity contribution in [1.82, 2.24) is 10.2 Å². The normalized spacial score (nSPS) is 10.5. The van der Waals surface area contributed by atoms with Gasteiger partial charge in [0.2, 0.25) is 0 Å². The molecule has 0 unspecified atom stereocenters. The lowest BCUT2D eigenvalue weighted by Crippen LogP contribution is -2.04. The van der Waals surface area contributed by atoms with Gasteiger partial charge in [0.05, 0.1) is 18.5 Å². The van der Waals surface area contributed by atoms with Crippen molar-refractivity contribution in [2.45, 2.75) is 6.92 Å². The second-order valence-corrected chi connectivity index (χ2v) is 3.81. The highest BCUT2D eigenvalue weighted by atomic mass is 32.1. The number of ether oxygens (including phenoxy) is 1. The molecule has 0 spiro atoms. The van der Waals surface area contributed by atoms with E-state index in [1.54, 1.807) is 19.2 Å². The van der Waals surface area contributed by atoms with Gasteiger partial charge < -0.3 is 10.5 Å². The van der Waals surface area contributed by atoms with Gasteiger partial charge in [0.25, 0.3) is 0 Å². The summed E-state index contributed by atoms with van der Waals surface area (Å²) < 4.78 is 4.88. The second kappa shape index (κ2) is 3.82. The smallest absolute Gasteiger partial charge is 0.350 e. The molecule has 0 aromatic carbocycles. The molecule has 78 valence electrons. The molecule has 0 radical (unpaired) electrons. The summed E-state index contributed by atoms with van der Waals surface area (Å²) in [5.41, 5.74) is 6.23. The highest BCUT2D eigenvalue weighted by Crippen LogP contribution is 2.31. The fourth-order valence-corrected chi connectivity index (χ4v) is 2.15. The fourth-order valence-electron chi connectivity index (χ4n) is 1.22. The first kappa shape index (κ1) is 9.85. The van der Waals surface area contributed by atoms with Crippen molar-refractivity contribution in [1.29, 1.82) is 0 Å². The van der Waals surface area contributed by atoms with E-state index < -0.39 is 5.97 Å². The zero-order valence-electron chi connectivity index (χ0n) is 8.06. The Labute approximate surface area is 89.9 Å². The quantitative estimate of drug-likeness (QED) is 0.779. The molecule has 2 aromatic heterocycles. The van der Waals surface area contributed by atoms with Gasteiger partial charge in [-0.2, -0.15) is 5.10 Å². The van der Waals surface area contributed by atoms with E-state index in [0.717, 1.165) is 5.39 Å². The first-order valence-electron chi connectivity index (χ1n) is 4.40. The van der Waals surface area contributed by atoms with Gasteiger partial charge in [0, 0.05) is 5.39 Å². The van der Waals surface area contributed by atoms with Gasteiger partial charge in [-0.05, 0) is 13.0 Å². The molecule has 0 amide bonds. The maximum absolute atomic E-state index is 11.5. The molecule has 0 saturated heterocycles. The molecule has 2 aromatic rings. The van der Waals surface area contributed by atoms with Crippen LogP contribution < -0.4 is 5.73 Å². The monoisotopic (exact) mass is 223 g/mol. The molecular weight excluding hydrogens is 214 g/mol. The molecule has 0 bridgehead atoms. The number of anilines is 1. The fraction of sp³-hybridized carbons (Fsp3) is 0.222. The standard InChI is InChI=1S/C9H9N3O2S/c1-2-14-9(13)7-6(10)5-3-4-11-12-8(5)15-7/h3-4H,2,10H2,1H3. The summed E-state index contributed by atoms with van der Waals surface area (Å²) in [7, 11) is 0. The molecule has 0 aliphatic carbocycles. The van der Waals surface area contributed by atoms with Crippen LogP contribution in [0.2, 0.25) is 0 Å². The molecule has 6 heteroatoms. The third kappa shape index (κ3) is 1.63. The molecule has 0 atom stereocenters. The highest BCUT2D eigenvalue weighted by molar-refractivity contribution is 7.21. The van der Waals surface area contributed by atoms with Gasteiger partial charge in [0.1, 0.15) is 9.71 Å². The van der Waals surface area contributed by atoms with Crippen LogP contribution in [0.5, 0.6) is 0 Å². The largest absolute Gasteiger partial charge is 0.462 e. The van der Waals surface area contributed by atoms with Crippen LogP contribution in [0.3, 0.4) is 0 Å². The summed E-state index contributed by atoms with van der Waals surface area (Å²) in [6.07, 6.45) is 1.54. The minimum absolute atomic E-state index is 0.332. The Morgan fingerprint density at radius 1 is 1.67 bits per heavy atom. The number of carbonyl (C=O) groups excluding carboxylic acids is 1. The van der Waals surface area contributed by atoms with Crippen LogP contribution in [0.4, 0.5) is 5.69 Å². The Kier molecular flexibility index (Phi) is 2.51. The maximum Gasteiger partial charge on any atom is 0.350 e. The van der Waals surface area contributed by atoms with E-state index in [9.17, 15) is 4.79 Å². The van der Waals surface area contributed by atoms with Crippen LogP contribution in [0.1, 0.15) is 16.6 Å². The molecular formula is C9H9N3O2S. The number of aromatic nitrogens is 2. The zero-order chi connectivity index (χ0) is 10.8. The number of rotatable bonds is 2. The molecule has 0 saturated carbocycles. The van der Waals surface area contributed by atoms with Gasteiger partial charge in [-0.15, -0.1) is 16.4 Å². The molecule has 2 heterocycles. The summed E-state index contributed by atoms with van der Waals surface area (Å²) >= 11 is 1.20. The van der Waals surface area contributed by atoms with E-state index in [1.165, 1.54) is 11.3 Å².